The van der Waals surface area contributed by atoms with Gasteiger partial charge in [0.15, 0.2) is 0 Å². The summed E-state index contributed by atoms with van der Waals surface area (Å²) in [5.74, 6) is -0.168. The van der Waals surface area contributed by atoms with Gasteiger partial charge in [-0.1, -0.05) is 34.6 Å². The minimum absolute atomic E-state index is 0.0276. The summed E-state index contributed by atoms with van der Waals surface area (Å²) in [5.41, 5.74) is -1.93. The van der Waals surface area contributed by atoms with Gasteiger partial charge in [-0.3, -0.25) is 14.4 Å². The molecule has 0 aromatic heterocycles. The zero-order chi connectivity index (χ0) is 25.2. The number of fused-ring (bicyclic) bond motifs is 3. The van der Waals surface area contributed by atoms with E-state index in [1.807, 2.05) is 20.8 Å². The number of carbonyl (C=O) groups excluding carboxylic acids is 3. The molecule has 0 bridgehead atoms. The Hall–Kier alpha value is -1.53. The van der Waals surface area contributed by atoms with E-state index in [4.69, 9.17) is 4.74 Å². The fourth-order valence-corrected chi connectivity index (χ4v) is 9.91. The Labute approximate surface area is 202 Å². The number of Topliss-reactive ketones (excluding diaryl/α,β-unsaturated/α-hetero) is 2. The molecule has 0 aromatic rings. The highest BCUT2D eigenvalue weighted by Crippen LogP contribution is 2.81. The standard InChI is InChI=1S/C28H40O6/c1-14(8-9-21(32)34-7)15-10-20(31)27(6)22-16(29)11-17-24(2,3)19(30)12-18-26(17,5)23(22)28(18,33)13-25(15,27)4/h14-18,29,33H,8-13H2,1-7H3/t14-,15-,16+,17+,18+,25-,26-,27+,28-/m1/s1. The molecule has 5 aliphatic rings. The molecule has 34 heavy (non-hydrogen) atoms. The molecule has 5 rings (SSSR count). The number of hydrogen-bond donors (Lipinski definition) is 2. The number of ketones is 2. The van der Waals surface area contributed by atoms with Gasteiger partial charge in [0.2, 0.25) is 0 Å². The summed E-state index contributed by atoms with van der Waals surface area (Å²) in [4.78, 5) is 38.9. The van der Waals surface area contributed by atoms with Crippen LogP contribution in [0, 0.1) is 45.3 Å². The number of hydrogen-bond acceptors (Lipinski definition) is 6. The van der Waals surface area contributed by atoms with Gasteiger partial charge < -0.3 is 14.9 Å². The van der Waals surface area contributed by atoms with Crippen molar-refractivity contribution in [1.82, 2.24) is 0 Å². The van der Waals surface area contributed by atoms with Crippen LogP contribution in [0.25, 0.3) is 0 Å². The molecule has 0 amide bonds. The van der Waals surface area contributed by atoms with E-state index in [2.05, 4.69) is 20.8 Å². The zero-order valence-corrected chi connectivity index (χ0v) is 21.7. The number of methoxy groups -OCH3 is 1. The highest BCUT2D eigenvalue weighted by Gasteiger charge is 2.81. The van der Waals surface area contributed by atoms with E-state index in [0.29, 0.717) is 38.5 Å². The molecule has 6 nitrogen and oxygen atoms in total. The van der Waals surface area contributed by atoms with Crippen LogP contribution in [0.4, 0.5) is 0 Å². The molecule has 0 heterocycles. The smallest absolute Gasteiger partial charge is 0.305 e. The van der Waals surface area contributed by atoms with Gasteiger partial charge >= 0.3 is 5.97 Å². The predicted molar refractivity (Wildman–Crippen MR) is 125 cm³/mol. The van der Waals surface area contributed by atoms with Crippen molar-refractivity contribution in [3.8, 4) is 0 Å². The van der Waals surface area contributed by atoms with Crippen molar-refractivity contribution in [3.05, 3.63) is 11.1 Å². The number of carbonyl (C=O) groups is 3. The number of aliphatic hydroxyl groups is 2. The molecule has 0 aromatic carbocycles. The number of ether oxygens (including phenoxy) is 1. The van der Waals surface area contributed by atoms with Crippen LogP contribution in [0.15, 0.2) is 11.1 Å². The molecule has 0 spiro atoms. The Balaban J connectivity index is 1.64. The summed E-state index contributed by atoms with van der Waals surface area (Å²) >= 11 is 0. The third-order valence-electron chi connectivity index (χ3n) is 11.9. The molecule has 2 N–H and O–H groups in total. The Kier molecular flexibility index (Phi) is 4.85. The lowest BCUT2D eigenvalue weighted by molar-refractivity contribution is -0.234. The normalized spacial score (nSPS) is 49.2. The number of rotatable bonds is 4. The van der Waals surface area contributed by atoms with Gasteiger partial charge in [0.25, 0.3) is 0 Å². The summed E-state index contributed by atoms with van der Waals surface area (Å²) < 4.78 is 4.82. The summed E-state index contributed by atoms with van der Waals surface area (Å²) in [6, 6.07) is 0. The molecule has 5 aliphatic carbocycles. The van der Waals surface area contributed by atoms with Crippen LogP contribution in [0.3, 0.4) is 0 Å². The first kappa shape index (κ1) is 24.2. The Morgan fingerprint density at radius 3 is 2.35 bits per heavy atom. The molecule has 0 saturated heterocycles. The second kappa shape index (κ2) is 6.82. The zero-order valence-electron chi connectivity index (χ0n) is 21.7. The topological polar surface area (TPSA) is 101 Å². The van der Waals surface area contributed by atoms with Crippen molar-refractivity contribution < 1.29 is 29.3 Å². The van der Waals surface area contributed by atoms with Gasteiger partial charge in [0.1, 0.15) is 11.6 Å². The quantitative estimate of drug-likeness (QED) is 0.479. The van der Waals surface area contributed by atoms with E-state index in [0.717, 1.165) is 11.1 Å². The van der Waals surface area contributed by atoms with Crippen molar-refractivity contribution in [3.63, 3.8) is 0 Å². The third-order valence-corrected chi connectivity index (χ3v) is 11.9. The minimum atomic E-state index is -1.17. The van der Waals surface area contributed by atoms with Crippen LogP contribution >= 0.6 is 0 Å². The maximum atomic E-state index is 13.8. The molecule has 6 heteroatoms. The molecular weight excluding hydrogens is 432 g/mol. The van der Waals surface area contributed by atoms with E-state index in [1.54, 1.807) is 0 Å². The maximum Gasteiger partial charge on any atom is 0.305 e. The third kappa shape index (κ3) is 2.42. The van der Waals surface area contributed by atoms with Gasteiger partial charge in [0, 0.05) is 36.0 Å². The molecule has 3 fully saturated rings. The summed E-state index contributed by atoms with van der Waals surface area (Å²) in [5, 5.41) is 23.9. The van der Waals surface area contributed by atoms with Crippen LogP contribution in [0.2, 0.25) is 0 Å². The second-order valence-corrected chi connectivity index (χ2v) is 13.2. The van der Waals surface area contributed by atoms with E-state index in [-0.39, 0.29) is 46.6 Å². The molecule has 0 radical (unpaired) electrons. The number of esters is 1. The lowest BCUT2D eigenvalue weighted by Crippen LogP contribution is -2.77. The second-order valence-electron chi connectivity index (χ2n) is 13.2. The lowest BCUT2D eigenvalue weighted by atomic mass is 9.28. The highest BCUT2D eigenvalue weighted by atomic mass is 16.5. The van der Waals surface area contributed by atoms with E-state index >= 15 is 0 Å². The summed E-state index contributed by atoms with van der Waals surface area (Å²) in [6.07, 6.45) is 1.64. The number of aliphatic hydroxyl groups excluding tert-OH is 1. The maximum absolute atomic E-state index is 13.8. The van der Waals surface area contributed by atoms with Crippen molar-refractivity contribution >= 4 is 17.5 Å². The van der Waals surface area contributed by atoms with E-state index in [1.165, 1.54) is 7.11 Å². The van der Waals surface area contributed by atoms with E-state index in [9.17, 15) is 24.6 Å². The Morgan fingerprint density at radius 2 is 1.74 bits per heavy atom. The van der Waals surface area contributed by atoms with E-state index < -0.39 is 27.9 Å². The predicted octanol–water partition coefficient (Wildman–Crippen LogP) is 3.62. The van der Waals surface area contributed by atoms with Gasteiger partial charge in [-0.25, -0.2) is 0 Å². The van der Waals surface area contributed by atoms with Crippen LogP contribution in [-0.2, 0) is 19.1 Å². The van der Waals surface area contributed by atoms with Crippen molar-refractivity contribution in [2.24, 2.45) is 45.3 Å². The van der Waals surface area contributed by atoms with Crippen LogP contribution in [0.5, 0.6) is 0 Å². The first-order valence-electron chi connectivity index (χ1n) is 12.9. The average Bonchev–Trinajstić information content (AvgIpc) is 2.96. The Morgan fingerprint density at radius 1 is 1.09 bits per heavy atom. The molecular formula is C28H40O6. The van der Waals surface area contributed by atoms with Crippen molar-refractivity contribution in [1.29, 1.82) is 0 Å². The SMILES string of the molecule is COC(=O)CC[C@@H](C)[C@H]1CC(=O)[C@@]2(C)C3=C4[C@]5(C)[C@@H](C[C@@H]3O)C(C)(C)C(=O)C[C@@H]5[C@]4(O)C[C@]12C. The highest BCUT2D eigenvalue weighted by molar-refractivity contribution is 5.94. The van der Waals surface area contributed by atoms with Gasteiger partial charge in [-0.15, -0.1) is 0 Å². The van der Waals surface area contributed by atoms with Gasteiger partial charge in [-0.2, -0.15) is 0 Å². The fraction of sp³-hybridized carbons (Fsp3) is 0.821. The molecule has 3 saturated carbocycles. The van der Waals surface area contributed by atoms with Gasteiger partial charge in [-0.05, 0) is 60.5 Å². The molecule has 9 atom stereocenters. The van der Waals surface area contributed by atoms with Crippen molar-refractivity contribution in [2.75, 3.05) is 7.11 Å². The largest absolute Gasteiger partial charge is 0.469 e. The van der Waals surface area contributed by atoms with Crippen LogP contribution < -0.4 is 0 Å². The fourth-order valence-electron chi connectivity index (χ4n) is 9.91. The first-order chi connectivity index (χ1) is 15.6. The summed E-state index contributed by atoms with van der Waals surface area (Å²) in [6.45, 7) is 12.3. The first-order valence-corrected chi connectivity index (χ1v) is 12.9. The molecule has 0 aliphatic heterocycles. The monoisotopic (exact) mass is 472 g/mol. The minimum Gasteiger partial charge on any atom is -0.469 e. The lowest BCUT2D eigenvalue weighted by Gasteiger charge is -2.76. The average molecular weight is 473 g/mol. The summed E-state index contributed by atoms with van der Waals surface area (Å²) in [7, 11) is 1.38. The van der Waals surface area contributed by atoms with Gasteiger partial charge in [0.05, 0.1) is 24.2 Å². The molecule has 0 unspecified atom stereocenters. The van der Waals surface area contributed by atoms with Crippen LogP contribution in [-0.4, -0.2) is 46.6 Å². The van der Waals surface area contributed by atoms with Crippen molar-refractivity contribution in [2.45, 2.75) is 91.8 Å². The Bertz CT molecular complexity index is 1030. The van der Waals surface area contributed by atoms with Crippen LogP contribution in [0.1, 0.15) is 80.1 Å². The molecule has 188 valence electrons.